The van der Waals surface area contributed by atoms with Crippen LogP contribution in [0.4, 0.5) is 11.4 Å². The van der Waals surface area contributed by atoms with Crippen molar-refractivity contribution in [3.05, 3.63) is 24.3 Å². The van der Waals surface area contributed by atoms with Crippen molar-refractivity contribution in [3.63, 3.8) is 0 Å². The number of carbonyl (C=O) groups excluding carboxylic acids is 1. The van der Waals surface area contributed by atoms with E-state index in [2.05, 4.69) is 19.2 Å². The molecule has 88 valence electrons. The lowest BCUT2D eigenvalue weighted by molar-refractivity contribution is -0.116. The van der Waals surface area contributed by atoms with Gasteiger partial charge in [0.15, 0.2) is 0 Å². The number of rotatable bonds is 4. The minimum absolute atomic E-state index is 0.0443. The van der Waals surface area contributed by atoms with Crippen LogP contribution in [0.15, 0.2) is 24.3 Å². The third-order valence-corrected chi connectivity index (χ3v) is 2.44. The lowest BCUT2D eigenvalue weighted by Crippen LogP contribution is -2.22. The van der Waals surface area contributed by atoms with Crippen LogP contribution in [0, 0.1) is 5.92 Å². The molecule has 1 aromatic rings. The third kappa shape index (κ3) is 3.57. The Labute approximate surface area is 97.5 Å². The van der Waals surface area contributed by atoms with E-state index in [1.165, 1.54) is 0 Å². The van der Waals surface area contributed by atoms with Crippen molar-refractivity contribution in [3.8, 4) is 0 Å². The predicted molar refractivity (Wildman–Crippen MR) is 68.9 cm³/mol. The number of amides is 1. The van der Waals surface area contributed by atoms with E-state index in [0.717, 1.165) is 17.9 Å². The van der Waals surface area contributed by atoms with Crippen molar-refractivity contribution in [1.29, 1.82) is 0 Å². The molecule has 0 saturated heterocycles. The van der Waals surface area contributed by atoms with E-state index >= 15 is 0 Å². The number of anilines is 2. The number of hydrogen-bond donors (Lipinski definition) is 1. The smallest absolute Gasteiger partial charge is 0.223 e. The quantitative estimate of drug-likeness (QED) is 0.846. The van der Waals surface area contributed by atoms with E-state index in [0.29, 0.717) is 5.92 Å². The molecule has 0 atom stereocenters. The summed E-state index contributed by atoms with van der Waals surface area (Å²) in [5, 5.41) is 3.34. The maximum Gasteiger partial charge on any atom is 0.223 e. The minimum Gasteiger partial charge on any atom is -0.385 e. The molecule has 0 radical (unpaired) electrons. The molecular weight excluding hydrogens is 200 g/mol. The second-order valence-electron chi connectivity index (χ2n) is 4.40. The van der Waals surface area contributed by atoms with Gasteiger partial charge in [0.05, 0.1) is 0 Å². The minimum atomic E-state index is 0.0443. The van der Waals surface area contributed by atoms with Crippen LogP contribution in [-0.4, -0.2) is 19.5 Å². The van der Waals surface area contributed by atoms with Gasteiger partial charge in [0, 0.05) is 31.9 Å². The fourth-order valence-electron chi connectivity index (χ4n) is 1.31. The van der Waals surface area contributed by atoms with E-state index in [9.17, 15) is 4.79 Å². The first-order chi connectivity index (χ1) is 7.50. The zero-order valence-electron chi connectivity index (χ0n) is 10.4. The van der Waals surface area contributed by atoms with Crippen LogP contribution >= 0.6 is 0 Å². The number of benzene rings is 1. The first kappa shape index (κ1) is 12.6. The monoisotopic (exact) mass is 220 g/mol. The number of hydrogen-bond acceptors (Lipinski definition) is 2. The lowest BCUT2D eigenvalue weighted by Gasteiger charge is -2.16. The van der Waals surface area contributed by atoms with Gasteiger partial charge in [-0.25, -0.2) is 0 Å². The van der Waals surface area contributed by atoms with Gasteiger partial charge in [-0.2, -0.15) is 0 Å². The highest BCUT2D eigenvalue weighted by molar-refractivity contribution is 5.90. The van der Waals surface area contributed by atoms with Crippen LogP contribution < -0.4 is 10.2 Å². The highest BCUT2D eigenvalue weighted by Gasteiger charge is 2.04. The summed E-state index contributed by atoms with van der Waals surface area (Å²) in [4.78, 5) is 12.8. The Bertz CT molecular complexity index is 343. The van der Waals surface area contributed by atoms with Gasteiger partial charge in [0.25, 0.3) is 0 Å². The first-order valence-electron chi connectivity index (χ1n) is 5.59. The Morgan fingerprint density at radius 1 is 1.31 bits per heavy atom. The molecule has 0 spiro atoms. The van der Waals surface area contributed by atoms with Crippen LogP contribution in [-0.2, 0) is 4.79 Å². The van der Waals surface area contributed by atoms with Crippen LogP contribution in [0.2, 0.25) is 0 Å². The van der Waals surface area contributed by atoms with Gasteiger partial charge in [-0.1, -0.05) is 13.8 Å². The molecule has 0 saturated carbocycles. The molecule has 0 aliphatic rings. The van der Waals surface area contributed by atoms with Gasteiger partial charge in [0.2, 0.25) is 5.91 Å². The van der Waals surface area contributed by atoms with Crippen molar-refractivity contribution in [2.24, 2.45) is 5.92 Å². The van der Waals surface area contributed by atoms with E-state index in [1.54, 1.807) is 18.9 Å². The molecule has 1 amide bonds. The zero-order chi connectivity index (χ0) is 12.1. The SMILES string of the molecule is CC(=O)N(C)c1ccc(NCC(C)C)cc1. The normalized spacial score (nSPS) is 10.3. The number of carbonyl (C=O) groups is 1. The molecule has 0 aliphatic heterocycles. The first-order valence-corrected chi connectivity index (χ1v) is 5.59. The maximum absolute atomic E-state index is 11.2. The summed E-state index contributed by atoms with van der Waals surface area (Å²) in [7, 11) is 1.78. The Morgan fingerprint density at radius 3 is 2.31 bits per heavy atom. The van der Waals surface area contributed by atoms with E-state index in [1.807, 2.05) is 24.3 Å². The summed E-state index contributed by atoms with van der Waals surface area (Å²) in [6, 6.07) is 7.89. The summed E-state index contributed by atoms with van der Waals surface area (Å²) < 4.78 is 0. The molecule has 0 aromatic heterocycles. The predicted octanol–water partition coefficient (Wildman–Crippen LogP) is 2.74. The van der Waals surface area contributed by atoms with Gasteiger partial charge in [-0.3, -0.25) is 4.79 Å². The van der Waals surface area contributed by atoms with Crippen molar-refractivity contribution in [1.82, 2.24) is 0 Å². The summed E-state index contributed by atoms with van der Waals surface area (Å²) in [6.07, 6.45) is 0. The van der Waals surface area contributed by atoms with E-state index in [4.69, 9.17) is 0 Å². The maximum atomic E-state index is 11.2. The molecule has 1 rings (SSSR count). The van der Waals surface area contributed by atoms with Gasteiger partial charge >= 0.3 is 0 Å². The van der Waals surface area contributed by atoms with Crippen LogP contribution in [0.1, 0.15) is 20.8 Å². The molecule has 0 heterocycles. The average Bonchev–Trinajstić information content (AvgIpc) is 2.26. The number of nitrogens with one attached hydrogen (secondary N) is 1. The van der Waals surface area contributed by atoms with E-state index in [-0.39, 0.29) is 5.91 Å². The molecule has 3 nitrogen and oxygen atoms in total. The molecule has 1 aromatic carbocycles. The molecule has 1 N–H and O–H groups in total. The van der Waals surface area contributed by atoms with Crippen LogP contribution in [0.25, 0.3) is 0 Å². The highest BCUT2D eigenvalue weighted by atomic mass is 16.2. The molecule has 16 heavy (non-hydrogen) atoms. The molecule has 0 bridgehead atoms. The zero-order valence-corrected chi connectivity index (χ0v) is 10.4. The summed E-state index contributed by atoms with van der Waals surface area (Å²) >= 11 is 0. The summed E-state index contributed by atoms with van der Waals surface area (Å²) in [6.45, 7) is 6.86. The van der Waals surface area contributed by atoms with Crippen LogP contribution in [0.5, 0.6) is 0 Å². The van der Waals surface area contributed by atoms with Crippen LogP contribution in [0.3, 0.4) is 0 Å². The van der Waals surface area contributed by atoms with Crippen molar-refractivity contribution in [2.75, 3.05) is 23.8 Å². The number of nitrogens with zero attached hydrogens (tertiary/aromatic N) is 1. The van der Waals surface area contributed by atoms with Gasteiger partial charge in [-0.15, -0.1) is 0 Å². The molecule has 0 aliphatic carbocycles. The lowest BCUT2D eigenvalue weighted by atomic mass is 10.2. The summed E-state index contributed by atoms with van der Waals surface area (Å²) in [5.41, 5.74) is 2.01. The van der Waals surface area contributed by atoms with Crippen molar-refractivity contribution >= 4 is 17.3 Å². The topological polar surface area (TPSA) is 32.3 Å². The van der Waals surface area contributed by atoms with Gasteiger partial charge < -0.3 is 10.2 Å². The second kappa shape index (κ2) is 5.54. The summed E-state index contributed by atoms with van der Waals surface area (Å²) in [5.74, 6) is 0.669. The van der Waals surface area contributed by atoms with Gasteiger partial charge in [-0.05, 0) is 30.2 Å². The third-order valence-electron chi connectivity index (χ3n) is 2.44. The molecule has 0 unspecified atom stereocenters. The largest absolute Gasteiger partial charge is 0.385 e. The Morgan fingerprint density at radius 2 is 1.88 bits per heavy atom. The average molecular weight is 220 g/mol. The molecule has 0 fully saturated rings. The van der Waals surface area contributed by atoms with E-state index < -0.39 is 0 Å². The van der Waals surface area contributed by atoms with Gasteiger partial charge in [0.1, 0.15) is 0 Å². The Hall–Kier alpha value is -1.51. The standard InChI is InChI=1S/C13H20N2O/c1-10(2)9-14-12-5-7-13(8-6-12)15(4)11(3)16/h5-8,10,14H,9H2,1-4H3. The molecular formula is C13H20N2O. The van der Waals surface area contributed by atoms with Crippen molar-refractivity contribution < 1.29 is 4.79 Å². The second-order valence-corrected chi connectivity index (χ2v) is 4.40. The Balaban J connectivity index is 2.64. The highest BCUT2D eigenvalue weighted by Crippen LogP contribution is 2.17. The Kier molecular flexibility index (Phi) is 4.35. The van der Waals surface area contributed by atoms with Crippen molar-refractivity contribution in [2.45, 2.75) is 20.8 Å². The fraction of sp³-hybridized carbons (Fsp3) is 0.462. The molecule has 3 heteroatoms. The fourth-order valence-corrected chi connectivity index (χ4v) is 1.31.